The molecular weight excluding hydrogens is 331 g/mol. The van der Waals surface area contributed by atoms with Gasteiger partial charge in [-0.15, -0.1) is 0 Å². The van der Waals surface area contributed by atoms with Gasteiger partial charge in [0.25, 0.3) is 0 Å². The molecule has 0 amide bonds. The largest absolute Gasteiger partial charge is 0.481 e. The second-order valence-corrected chi connectivity index (χ2v) is 6.48. The maximum atomic E-state index is 10.8. The number of benzene rings is 1. The molecule has 112 valence electrons. The first-order chi connectivity index (χ1) is 9.88. The van der Waals surface area contributed by atoms with Crippen LogP contribution in [-0.4, -0.2) is 26.4 Å². The number of imidazole rings is 1. The molecular formula is C14H14Cl2N2O2S. The molecule has 0 fully saturated rings. The van der Waals surface area contributed by atoms with Gasteiger partial charge in [0, 0.05) is 6.54 Å². The third kappa shape index (κ3) is 3.93. The number of hydrogen-bond donors (Lipinski definition) is 1. The van der Waals surface area contributed by atoms with Crippen molar-refractivity contribution in [2.24, 2.45) is 0 Å². The van der Waals surface area contributed by atoms with Crippen LogP contribution in [-0.2, 0) is 11.3 Å². The topological polar surface area (TPSA) is 55.1 Å². The number of thioether (sulfide) groups is 1. The number of allylic oxidation sites excluding steroid dienone is 2. The van der Waals surface area contributed by atoms with E-state index in [4.69, 9.17) is 28.3 Å². The van der Waals surface area contributed by atoms with Crippen molar-refractivity contribution in [1.82, 2.24) is 9.55 Å². The van der Waals surface area contributed by atoms with Crippen LogP contribution in [0.4, 0.5) is 0 Å². The SMILES string of the molecule is CC(C)=CCn1c(SCC(=O)O)nc2cc(Cl)c(Cl)cc21. The summed E-state index contributed by atoms with van der Waals surface area (Å²) in [5.74, 6) is -0.920. The molecule has 1 heterocycles. The highest BCUT2D eigenvalue weighted by Crippen LogP contribution is 2.31. The molecule has 21 heavy (non-hydrogen) atoms. The van der Waals surface area contributed by atoms with Crippen molar-refractivity contribution >= 4 is 52.0 Å². The van der Waals surface area contributed by atoms with Crippen molar-refractivity contribution < 1.29 is 9.90 Å². The molecule has 0 unspecified atom stereocenters. The Balaban J connectivity index is 2.51. The fourth-order valence-electron chi connectivity index (χ4n) is 1.78. The lowest BCUT2D eigenvalue weighted by Gasteiger charge is -2.06. The monoisotopic (exact) mass is 344 g/mol. The first-order valence-electron chi connectivity index (χ1n) is 6.21. The van der Waals surface area contributed by atoms with Crippen molar-refractivity contribution in [3.05, 3.63) is 33.8 Å². The number of rotatable bonds is 5. The van der Waals surface area contributed by atoms with Gasteiger partial charge in [-0.05, 0) is 26.0 Å². The molecule has 7 heteroatoms. The minimum absolute atomic E-state index is 0.0421. The Bertz CT molecular complexity index is 721. The van der Waals surface area contributed by atoms with Gasteiger partial charge in [0.05, 0.1) is 26.8 Å². The molecule has 1 aromatic carbocycles. The van der Waals surface area contributed by atoms with E-state index in [1.54, 1.807) is 12.1 Å². The van der Waals surface area contributed by atoms with E-state index in [0.29, 0.717) is 27.3 Å². The summed E-state index contributed by atoms with van der Waals surface area (Å²) in [6.45, 7) is 4.62. The maximum absolute atomic E-state index is 10.8. The average Bonchev–Trinajstić information content (AvgIpc) is 2.71. The number of carbonyl (C=O) groups is 1. The van der Waals surface area contributed by atoms with Crippen LogP contribution in [0.2, 0.25) is 10.0 Å². The first kappa shape index (κ1) is 16.2. The van der Waals surface area contributed by atoms with E-state index in [9.17, 15) is 4.79 Å². The van der Waals surface area contributed by atoms with Crippen LogP contribution < -0.4 is 0 Å². The zero-order chi connectivity index (χ0) is 15.6. The molecule has 0 spiro atoms. The minimum Gasteiger partial charge on any atom is -0.481 e. The molecule has 0 aliphatic rings. The van der Waals surface area contributed by atoms with Gasteiger partial charge >= 0.3 is 5.97 Å². The number of carboxylic acids is 1. The second-order valence-electron chi connectivity index (χ2n) is 4.72. The Kier molecular flexibility index (Phi) is 5.19. The first-order valence-corrected chi connectivity index (χ1v) is 7.96. The predicted molar refractivity (Wildman–Crippen MR) is 87.5 cm³/mol. The van der Waals surface area contributed by atoms with E-state index >= 15 is 0 Å². The predicted octanol–water partition coefficient (Wildman–Crippen LogP) is 4.49. The van der Waals surface area contributed by atoms with E-state index in [1.165, 1.54) is 17.3 Å². The van der Waals surface area contributed by atoms with Crippen molar-refractivity contribution in [2.75, 3.05) is 5.75 Å². The normalized spacial score (nSPS) is 10.9. The Hall–Kier alpha value is -1.17. The van der Waals surface area contributed by atoms with Gasteiger partial charge in [0.1, 0.15) is 0 Å². The number of nitrogens with zero attached hydrogens (tertiary/aromatic N) is 2. The summed E-state index contributed by atoms with van der Waals surface area (Å²) in [6.07, 6.45) is 2.05. The second kappa shape index (κ2) is 6.73. The minimum atomic E-state index is -0.878. The van der Waals surface area contributed by atoms with Gasteiger partial charge < -0.3 is 9.67 Å². The lowest BCUT2D eigenvalue weighted by Crippen LogP contribution is -2.02. The molecule has 0 atom stereocenters. The van der Waals surface area contributed by atoms with Gasteiger partial charge in [0.2, 0.25) is 0 Å². The van der Waals surface area contributed by atoms with Crippen molar-refractivity contribution in [3.63, 3.8) is 0 Å². The number of aliphatic carboxylic acids is 1. The van der Waals surface area contributed by atoms with Crippen LogP contribution in [0.5, 0.6) is 0 Å². The molecule has 0 saturated carbocycles. The van der Waals surface area contributed by atoms with E-state index in [2.05, 4.69) is 11.1 Å². The van der Waals surface area contributed by atoms with Crippen LogP contribution in [0.3, 0.4) is 0 Å². The molecule has 2 aromatic rings. The third-order valence-corrected chi connectivity index (χ3v) is 4.45. The van der Waals surface area contributed by atoms with E-state index < -0.39 is 5.97 Å². The number of hydrogen-bond acceptors (Lipinski definition) is 3. The van der Waals surface area contributed by atoms with Crippen molar-refractivity contribution in [3.8, 4) is 0 Å². The summed E-state index contributed by atoms with van der Waals surface area (Å²) in [5.41, 5.74) is 2.72. The third-order valence-electron chi connectivity index (χ3n) is 2.76. The standard InChI is InChI=1S/C14H14Cl2N2O2S/c1-8(2)3-4-18-12-6-10(16)9(15)5-11(12)17-14(18)21-7-13(19)20/h3,5-6H,4,7H2,1-2H3,(H,19,20). The average molecular weight is 345 g/mol. The van der Waals surface area contributed by atoms with E-state index in [1.807, 2.05) is 18.4 Å². The van der Waals surface area contributed by atoms with Crippen LogP contribution in [0, 0.1) is 0 Å². The molecule has 2 rings (SSSR count). The number of halogens is 2. The van der Waals surface area contributed by atoms with Gasteiger partial charge in [-0.2, -0.15) is 0 Å². The summed E-state index contributed by atoms with van der Waals surface area (Å²) < 4.78 is 1.94. The smallest absolute Gasteiger partial charge is 0.313 e. The van der Waals surface area contributed by atoms with Crippen LogP contribution in [0.25, 0.3) is 11.0 Å². The quantitative estimate of drug-likeness (QED) is 0.641. The highest BCUT2D eigenvalue weighted by molar-refractivity contribution is 7.99. The van der Waals surface area contributed by atoms with Gasteiger partial charge in [0.15, 0.2) is 5.16 Å². The highest BCUT2D eigenvalue weighted by atomic mass is 35.5. The van der Waals surface area contributed by atoms with Gasteiger partial charge in [-0.3, -0.25) is 4.79 Å². The summed E-state index contributed by atoms with van der Waals surface area (Å²) >= 11 is 13.3. The molecule has 1 N–H and O–H groups in total. The Morgan fingerprint density at radius 2 is 2.05 bits per heavy atom. The van der Waals surface area contributed by atoms with Gasteiger partial charge in [-0.25, -0.2) is 4.98 Å². The maximum Gasteiger partial charge on any atom is 0.313 e. The molecule has 0 aliphatic carbocycles. The summed E-state index contributed by atoms with van der Waals surface area (Å²) in [5, 5.41) is 10.4. The number of aromatic nitrogens is 2. The van der Waals surface area contributed by atoms with Crippen LogP contribution in [0.1, 0.15) is 13.8 Å². The molecule has 1 aromatic heterocycles. The zero-order valence-corrected chi connectivity index (χ0v) is 13.9. The zero-order valence-electron chi connectivity index (χ0n) is 11.6. The van der Waals surface area contributed by atoms with E-state index in [0.717, 1.165) is 5.52 Å². The summed E-state index contributed by atoms with van der Waals surface area (Å²) in [7, 11) is 0. The lowest BCUT2D eigenvalue weighted by molar-refractivity contribution is -0.133. The van der Waals surface area contributed by atoms with Crippen LogP contribution >= 0.6 is 35.0 Å². The molecule has 0 saturated heterocycles. The fourth-order valence-corrected chi connectivity index (χ4v) is 2.84. The van der Waals surface area contributed by atoms with E-state index in [-0.39, 0.29) is 5.75 Å². The lowest BCUT2D eigenvalue weighted by atomic mass is 10.3. The Morgan fingerprint density at radius 1 is 1.38 bits per heavy atom. The number of carboxylic acid groups (broad SMARTS) is 1. The Labute approximate surface area is 136 Å². The molecule has 0 bridgehead atoms. The Morgan fingerprint density at radius 3 is 2.67 bits per heavy atom. The highest BCUT2D eigenvalue weighted by Gasteiger charge is 2.14. The van der Waals surface area contributed by atoms with Crippen LogP contribution in [0.15, 0.2) is 28.9 Å². The van der Waals surface area contributed by atoms with Crippen molar-refractivity contribution in [2.45, 2.75) is 25.5 Å². The summed E-state index contributed by atoms with van der Waals surface area (Å²) in [4.78, 5) is 15.2. The fraction of sp³-hybridized carbons (Fsp3) is 0.286. The van der Waals surface area contributed by atoms with Gasteiger partial charge in [-0.1, -0.05) is 46.6 Å². The van der Waals surface area contributed by atoms with Crippen molar-refractivity contribution in [1.29, 1.82) is 0 Å². The molecule has 0 radical (unpaired) electrons. The molecule has 0 aliphatic heterocycles. The summed E-state index contributed by atoms with van der Waals surface area (Å²) in [6, 6.07) is 3.46. The molecule has 4 nitrogen and oxygen atoms in total. The number of fused-ring (bicyclic) bond motifs is 1.